The van der Waals surface area contributed by atoms with Crippen LogP contribution in [0.1, 0.15) is 42.6 Å². The monoisotopic (exact) mass is 248 g/mol. The average Bonchev–Trinajstić information content (AvgIpc) is 2.77. The van der Waals surface area contributed by atoms with Crippen molar-refractivity contribution < 1.29 is 4.79 Å². The molecule has 3 rings (SSSR count). The number of aryl methyl sites for hydroxylation is 1. The van der Waals surface area contributed by atoms with Crippen LogP contribution in [-0.2, 0) is 7.05 Å². The molecule has 1 aromatic rings. The molecule has 5 nitrogen and oxygen atoms in total. The lowest BCUT2D eigenvalue weighted by Crippen LogP contribution is -2.64. The number of hydrogen-bond acceptors (Lipinski definition) is 3. The Kier molecular flexibility index (Phi) is 2.40. The SMILES string of the molecule is CN1C(=O)c2c(ncn2C)N(C)C12CCCCC2. The third-order valence-corrected chi connectivity index (χ3v) is 4.65. The number of rotatable bonds is 0. The molecule has 0 bridgehead atoms. The first-order valence-corrected chi connectivity index (χ1v) is 6.61. The molecule has 18 heavy (non-hydrogen) atoms. The quantitative estimate of drug-likeness (QED) is 0.700. The van der Waals surface area contributed by atoms with Gasteiger partial charge in [0, 0.05) is 21.1 Å². The molecule has 2 heterocycles. The number of aromatic nitrogens is 2. The van der Waals surface area contributed by atoms with Crippen LogP contribution in [0.15, 0.2) is 6.33 Å². The zero-order chi connectivity index (χ0) is 12.9. The number of anilines is 1. The van der Waals surface area contributed by atoms with Crippen LogP contribution in [0.4, 0.5) is 5.82 Å². The van der Waals surface area contributed by atoms with Crippen LogP contribution in [-0.4, -0.2) is 40.1 Å². The van der Waals surface area contributed by atoms with Gasteiger partial charge in [-0.1, -0.05) is 6.42 Å². The summed E-state index contributed by atoms with van der Waals surface area (Å²) in [5, 5.41) is 0. The van der Waals surface area contributed by atoms with Gasteiger partial charge in [0.1, 0.15) is 5.66 Å². The second kappa shape index (κ2) is 3.73. The Morgan fingerprint density at radius 2 is 1.78 bits per heavy atom. The third kappa shape index (κ3) is 1.27. The van der Waals surface area contributed by atoms with Gasteiger partial charge < -0.3 is 14.4 Å². The molecule has 5 heteroatoms. The highest BCUT2D eigenvalue weighted by Crippen LogP contribution is 2.42. The molecule has 98 valence electrons. The van der Waals surface area contributed by atoms with E-state index >= 15 is 0 Å². The van der Waals surface area contributed by atoms with Crippen LogP contribution < -0.4 is 4.90 Å². The highest BCUT2D eigenvalue weighted by molar-refractivity contribution is 6.00. The van der Waals surface area contributed by atoms with E-state index in [1.165, 1.54) is 19.3 Å². The average molecular weight is 248 g/mol. The van der Waals surface area contributed by atoms with Crippen molar-refractivity contribution in [2.45, 2.75) is 37.8 Å². The highest BCUT2D eigenvalue weighted by atomic mass is 16.2. The molecular formula is C13H20N4O. The summed E-state index contributed by atoms with van der Waals surface area (Å²) < 4.78 is 1.82. The molecule has 1 amide bonds. The van der Waals surface area contributed by atoms with E-state index in [0.29, 0.717) is 5.69 Å². The van der Waals surface area contributed by atoms with Crippen molar-refractivity contribution in [1.82, 2.24) is 14.5 Å². The predicted octanol–water partition coefficient (Wildman–Crippen LogP) is 1.60. The number of amides is 1. The van der Waals surface area contributed by atoms with Crippen LogP contribution in [0.3, 0.4) is 0 Å². The predicted molar refractivity (Wildman–Crippen MR) is 69.5 cm³/mol. The van der Waals surface area contributed by atoms with Crippen LogP contribution in [0.2, 0.25) is 0 Å². The first-order valence-electron chi connectivity index (χ1n) is 6.61. The lowest BCUT2D eigenvalue weighted by Gasteiger charge is -2.53. The molecule has 2 aliphatic rings. The summed E-state index contributed by atoms with van der Waals surface area (Å²) in [6.07, 6.45) is 7.46. The summed E-state index contributed by atoms with van der Waals surface area (Å²) >= 11 is 0. The van der Waals surface area contributed by atoms with Gasteiger partial charge in [-0.3, -0.25) is 4.79 Å². The summed E-state index contributed by atoms with van der Waals surface area (Å²) in [4.78, 5) is 21.1. The van der Waals surface area contributed by atoms with Gasteiger partial charge in [-0.05, 0) is 25.7 Å². The molecule has 1 aromatic heterocycles. The Balaban J connectivity index is 2.12. The van der Waals surface area contributed by atoms with Crippen LogP contribution in [0.25, 0.3) is 0 Å². The van der Waals surface area contributed by atoms with E-state index in [1.54, 1.807) is 6.33 Å². The Labute approximate surface area is 107 Å². The number of fused-ring (bicyclic) bond motifs is 1. The Hall–Kier alpha value is -1.52. The van der Waals surface area contributed by atoms with Crippen molar-refractivity contribution in [3.63, 3.8) is 0 Å². The molecule has 1 aliphatic heterocycles. The van der Waals surface area contributed by atoms with Gasteiger partial charge >= 0.3 is 0 Å². The Bertz CT molecular complexity index is 487. The number of carbonyl (C=O) groups excluding carboxylic acids is 1. The lowest BCUT2D eigenvalue weighted by atomic mass is 9.85. The fourth-order valence-corrected chi connectivity index (χ4v) is 3.47. The molecule has 0 saturated heterocycles. The summed E-state index contributed by atoms with van der Waals surface area (Å²) in [6, 6.07) is 0. The van der Waals surface area contributed by atoms with E-state index in [9.17, 15) is 4.79 Å². The standard InChI is InChI=1S/C13H20N4O/c1-15-9-14-11-10(15)12(18)17(3)13(16(11)2)7-5-4-6-8-13/h9H,4-8H2,1-3H3. The molecule has 1 fully saturated rings. The number of imidazole rings is 1. The molecule has 0 unspecified atom stereocenters. The maximum absolute atomic E-state index is 12.6. The molecule has 0 atom stereocenters. The van der Waals surface area contributed by atoms with Crippen molar-refractivity contribution in [3.05, 3.63) is 12.0 Å². The van der Waals surface area contributed by atoms with Crippen molar-refractivity contribution in [2.24, 2.45) is 7.05 Å². The van der Waals surface area contributed by atoms with E-state index in [2.05, 4.69) is 16.9 Å². The molecule has 0 radical (unpaired) electrons. The minimum Gasteiger partial charge on any atom is -0.335 e. The van der Waals surface area contributed by atoms with Crippen LogP contribution in [0, 0.1) is 0 Å². The first kappa shape index (κ1) is 11.6. The summed E-state index contributed by atoms with van der Waals surface area (Å²) in [5.74, 6) is 0.938. The fourth-order valence-electron chi connectivity index (χ4n) is 3.47. The zero-order valence-electron chi connectivity index (χ0n) is 11.3. The van der Waals surface area contributed by atoms with Gasteiger partial charge in [0.15, 0.2) is 11.5 Å². The smallest absolute Gasteiger partial charge is 0.275 e. The van der Waals surface area contributed by atoms with Gasteiger partial charge in [0.05, 0.1) is 6.33 Å². The molecule has 1 aliphatic carbocycles. The summed E-state index contributed by atoms with van der Waals surface area (Å²) in [7, 11) is 5.88. The maximum Gasteiger partial charge on any atom is 0.275 e. The Morgan fingerprint density at radius 1 is 1.11 bits per heavy atom. The first-order chi connectivity index (χ1) is 8.58. The third-order valence-electron chi connectivity index (χ3n) is 4.65. The second-order valence-corrected chi connectivity index (χ2v) is 5.49. The fraction of sp³-hybridized carbons (Fsp3) is 0.692. The normalized spacial score (nSPS) is 22.5. The lowest BCUT2D eigenvalue weighted by molar-refractivity contribution is 0.0390. The van der Waals surface area contributed by atoms with Gasteiger partial charge in [0.25, 0.3) is 5.91 Å². The maximum atomic E-state index is 12.6. The molecular weight excluding hydrogens is 228 g/mol. The van der Waals surface area contributed by atoms with E-state index in [4.69, 9.17) is 0 Å². The van der Waals surface area contributed by atoms with Gasteiger partial charge in [-0.15, -0.1) is 0 Å². The largest absolute Gasteiger partial charge is 0.335 e. The summed E-state index contributed by atoms with van der Waals surface area (Å²) in [5.41, 5.74) is 0.549. The number of carbonyl (C=O) groups is 1. The van der Waals surface area contributed by atoms with Crippen molar-refractivity contribution in [1.29, 1.82) is 0 Å². The van der Waals surface area contributed by atoms with Crippen LogP contribution >= 0.6 is 0 Å². The minimum absolute atomic E-state index is 0.102. The van der Waals surface area contributed by atoms with Gasteiger partial charge in [-0.2, -0.15) is 0 Å². The highest BCUT2D eigenvalue weighted by Gasteiger charge is 2.48. The molecule has 0 N–H and O–H groups in total. The van der Waals surface area contributed by atoms with Gasteiger partial charge in [0.2, 0.25) is 0 Å². The summed E-state index contributed by atoms with van der Waals surface area (Å²) in [6.45, 7) is 0. The van der Waals surface area contributed by atoms with E-state index in [-0.39, 0.29) is 11.6 Å². The topological polar surface area (TPSA) is 41.4 Å². The van der Waals surface area contributed by atoms with Crippen molar-refractivity contribution in [2.75, 3.05) is 19.0 Å². The zero-order valence-corrected chi connectivity index (χ0v) is 11.3. The minimum atomic E-state index is -0.156. The van der Waals surface area contributed by atoms with E-state index in [1.807, 2.05) is 23.6 Å². The number of hydrogen-bond donors (Lipinski definition) is 0. The van der Waals surface area contributed by atoms with Crippen molar-refractivity contribution in [3.8, 4) is 0 Å². The number of nitrogens with zero attached hydrogens (tertiary/aromatic N) is 4. The Morgan fingerprint density at radius 3 is 2.44 bits per heavy atom. The van der Waals surface area contributed by atoms with Gasteiger partial charge in [-0.25, -0.2) is 4.98 Å². The van der Waals surface area contributed by atoms with E-state index in [0.717, 1.165) is 18.7 Å². The van der Waals surface area contributed by atoms with E-state index < -0.39 is 0 Å². The second-order valence-electron chi connectivity index (χ2n) is 5.49. The molecule has 0 aromatic carbocycles. The molecule has 1 spiro atoms. The molecule has 1 saturated carbocycles. The van der Waals surface area contributed by atoms with Crippen molar-refractivity contribution >= 4 is 11.7 Å². The van der Waals surface area contributed by atoms with Crippen LogP contribution in [0.5, 0.6) is 0 Å².